The fourth-order valence-corrected chi connectivity index (χ4v) is 3.86. The molecule has 1 amide bonds. The molecule has 174 valence electrons. The predicted molar refractivity (Wildman–Crippen MR) is 110 cm³/mol. The topological polar surface area (TPSA) is 92.8 Å². The molecule has 0 aliphatic rings. The molecule has 0 unspecified atom stereocenters. The molecule has 2 aromatic carbocycles. The Labute approximate surface area is 184 Å². The Hall–Kier alpha value is -2.92. The molecular formula is C21H23F3N2O5S. The number of nitrogens with zero attached hydrogens (tertiary/aromatic N) is 1. The van der Waals surface area contributed by atoms with Crippen LogP contribution in [-0.4, -0.2) is 50.6 Å². The average molecular weight is 472 g/mol. The molecule has 0 saturated heterocycles. The lowest BCUT2D eigenvalue weighted by atomic mass is 10.2. The van der Waals surface area contributed by atoms with Crippen molar-refractivity contribution in [2.24, 2.45) is 0 Å². The smallest absolute Gasteiger partial charge is 0.406 e. The summed E-state index contributed by atoms with van der Waals surface area (Å²) in [6.07, 6.45) is -4.65. The van der Waals surface area contributed by atoms with Crippen molar-refractivity contribution in [2.45, 2.75) is 37.5 Å². The van der Waals surface area contributed by atoms with Crippen LogP contribution in [0.25, 0.3) is 0 Å². The van der Waals surface area contributed by atoms with Gasteiger partial charge in [-0.25, -0.2) is 8.42 Å². The van der Waals surface area contributed by atoms with Crippen molar-refractivity contribution in [3.8, 4) is 0 Å². The summed E-state index contributed by atoms with van der Waals surface area (Å²) < 4.78 is 70.3. The van der Waals surface area contributed by atoms with E-state index in [2.05, 4.69) is 4.72 Å². The predicted octanol–water partition coefficient (Wildman–Crippen LogP) is 2.80. The molecule has 0 aliphatic heterocycles. The van der Waals surface area contributed by atoms with E-state index in [9.17, 15) is 31.2 Å². The first-order valence-corrected chi connectivity index (χ1v) is 11.0. The number of aryl methyl sites for hydroxylation is 1. The molecule has 1 N–H and O–H groups in total. The lowest BCUT2D eigenvalue weighted by molar-refractivity contribution is -0.168. The van der Waals surface area contributed by atoms with E-state index in [1.54, 1.807) is 49.4 Å². The number of benzene rings is 2. The molecule has 0 spiro atoms. The van der Waals surface area contributed by atoms with Crippen LogP contribution in [0.1, 0.15) is 18.1 Å². The van der Waals surface area contributed by atoms with Crippen LogP contribution < -0.4 is 4.72 Å². The first-order chi connectivity index (χ1) is 14.9. The lowest BCUT2D eigenvalue weighted by Gasteiger charge is -2.24. The van der Waals surface area contributed by atoms with Crippen LogP contribution in [0.2, 0.25) is 0 Å². The van der Waals surface area contributed by atoms with Crippen molar-refractivity contribution >= 4 is 21.9 Å². The van der Waals surface area contributed by atoms with E-state index < -0.39 is 47.3 Å². The monoisotopic (exact) mass is 472 g/mol. The Balaban J connectivity index is 1.98. The Morgan fingerprint density at radius 2 is 1.66 bits per heavy atom. The number of ether oxygens (including phenoxy) is 1. The normalized spacial score (nSPS) is 12.8. The molecule has 7 nitrogen and oxygen atoms in total. The van der Waals surface area contributed by atoms with Gasteiger partial charge in [-0.05, 0) is 31.5 Å². The van der Waals surface area contributed by atoms with Gasteiger partial charge in [0.15, 0.2) is 6.61 Å². The number of nitrogens with one attached hydrogen (secondary N) is 1. The number of carbonyl (C=O) groups is 2. The summed E-state index contributed by atoms with van der Waals surface area (Å²) >= 11 is 0. The number of rotatable bonds is 9. The van der Waals surface area contributed by atoms with Crippen LogP contribution >= 0.6 is 0 Å². The van der Waals surface area contributed by atoms with E-state index in [4.69, 9.17) is 4.74 Å². The molecule has 2 aromatic rings. The molecule has 0 radical (unpaired) electrons. The van der Waals surface area contributed by atoms with Crippen LogP contribution in [0.3, 0.4) is 0 Å². The maximum Gasteiger partial charge on any atom is 0.406 e. The number of esters is 1. The minimum Gasteiger partial charge on any atom is -0.454 e. The van der Waals surface area contributed by atoms with Gasteiger partial charge in [0.05, 0.1) is 4.90 Å². The van der Waals surface area contributed by atoms with Gasteiger partial charge in [-0.2, -0.15) is 17.9 Å². The van der Waals surface area contributed by atoms with Gasteiger partial charge in [-0.3, -0.25) is 9.59 Å². The molecule has 0 aliphatic carbocycles. The minimum atomic E-state index is -4.65. The highest BCUT2D eigenvalue weighted by atomic mass is 32.2. The van der Waals surface area contributed by atoms with E-state index in [1.807, 2.05) is 0 Å². The second kappa shape index (κ2) is 10.6. The van der Waals surface area contributed by atoms with E-state index in [1.165, 1.54) is 19.1 Å². The third-order valence-electron chi connectivity index (χ3n) is 4.29. The molecule has 2 rings (SSSR count). The molecular weight excluding hydrogens is 449 g/mol. The van der Waals surface area contributed by atoms with Crippen LogP contribution in [0.5, 0.6) is 0 Å². The summed E-state index contributed by atoms with van der Waals surface area (Å²) in [6.45, 7) is 0.176. The van der Waals surface area contributed by atoms with Gasteiger partial charge in [0.2, 0.25) is 10.0 Å². The highest BCUT2D eigenvalue weighted by Gasteiger charge is 2.33. The van der Waals surface area contributed by atoms with Crippen molar-refractivity contribution in [3.05, 3.63) is 65.7 Å². The van der Waals surface area contributed by atoms with E-state index >= 15 is 0 Å². The SMILES string of the molecule is Cc1ccc(S(=O)(=O)N[C@H](C)C(=O)OCC(=O)N(Cc2ccccc2)CC(F)(F)F)cc1. The fourth-order valence-electron chi connectivity index (χ4n) is 2.67. The second-order valence-electron chi connectivity index (χ2n) is 7.11. The molecule has 0 bridgehead atoms. The fraction of sp³-hybridized carbons (Fsp3) is 0.333. The Kier molecular flexibility index (Phi) is 8.39. The molecule has 0 aromatic heterocycles. The van der Waals surface area contributed by atoms with Gasteiger partial charge >= 0.3 is 12.1 Å². The number of sulfonamides is 1. The number of halogens is 3. The molecule has 32 heavy (non-hydrogen) atoms. The first-order valence-electron chi connectivity index (χ1n) is 9.51. The number of hydrogen-bond acceptors (Lipinski definition) is 5. The third kappa shape index (κ3) is 7.97. The van der Waals surface area contributed by atoms with Gasteiger partial charge < -0.3 is 9.64 Å². The van der Waals surface area contributed by atoms with Gasteiger partial charge in [0.25, 0.3) is 5.91 Å². The molecule has 0 heterocycles. The zero-order chi connectivity index (χ0) is 23.9. The first kappa shape index (κ1) is 25.3. The van der Waals surface area contributed by atoms with Crippen molar-refractivity contribution in [2.75, 3.05) is 13.2 Å². The Morgan fingerprint density at radius 1 is 1.06 bits per heavy atom. The highest BCUT2D eigenvalue weighted by Crippen LogP contribution is 2.18. The molecule has 1 atom stereocenters. The van der Waals surface area contributed by atoms with Crippen molar-refractivity contribution in [1.29, 1.82) is 0 Å². The largest absolute Gasteiger partial charge is 0.454 e. The maximum atomic E-state index is 12.9. The summed E-state index contributed by atoms with van der Waals surface area (Å²) in [7, 11) is -4.04. The lowest BCUT2D eigenvalue weighted by Crippen LogP contribution is -2.43. The van der Waals surface area contributed by atoms with Crippen LogP contribution in [0, 0.1) is 6.92 Å². The number of amides is 1. The summed E-state index contributed by atoms with van der Waals surface area (Å²) in [5, 5.41) is 0. The zero-order valence-corrected chi connectivity index (χ0v) is 18.2. The third-order valence-corrected chi connectivity index (χ3v) is 5.85. The second-order valence-corrected chi connectivity index (χ2v) is 8.83. The highest BCUT2D eigenvalue weighted by molar-refractivity contribution is 7.89. The molecule has 0 saturated carbocycles. The van der Waals surface area contributed by atoms with Crippen LogP contribution in [-0.2, 0) is 30.9 Å². The standard InChI is InChI=1S/C21H23F3N2O5S/c1-15-8-10-18(11-9-15)32(29,30)25-16(2)20(28)31-13-19(27)26(14-21(22,23)24)12-17-6-4-3-5-7-17/h3-11,16,25H,12-14H2,1-2H3/t16-/m1/s1. The average Bonchev–Trinajstić information content (AvgIpc) is 2.71. The summed E-state index contributed by atoms with van der Waals surface area (Å²) in [5.41, 5.74) is 1.31. The number of carbonyl (C=O) groups excluding carboxylic acids is 2. The quantitative estimate of drug-likeness (QED) is 0.567. The van der Waals surface area contributed by atoms with E-state index in [0.29, 0.717) is 10.5 Å². The van der Waals surface area contributed by atoms with Gasteiger partial charge in [-0.15, -0.1) is 0 Å². The summed E-state index contributed by atoms with van der Waals surface area (Å²) in [6, 6.07) is 12.6. The van der Waals surface area contributed by atoms with Crippen LogP contribution in [0.4, 0.5) is 13.2 Å². The van der Waals surface area contributed by atoms with E-state index in [0.717, 1.165) is 5.56 Å². The van der Waals surface area contributed by atoms with Gasteiger partial charge in [0.1, 0.15) is 12.6 Å². The van der Waals surface area contributed by atoms with Gasteiger partial charge in [-0.1, -0.05) is 48.0 Å². The van der Waals surface area contributed by atoms with Crippen LogP contribution in [0.15, 0.2) is 59.5 Å². The number of alkyl halides is 3. The van der Waals surface area contributed by atoms with Crippen molar-refractivity contribution < 1.29 is 35.9 Å². The number of hydrogen-bond donors (Lipinski definition) is 1. The molecule has 11 heteroatoms. The minimum absolute atomic E-state index is 0.0713. The maximum absolute atomic E-state index is 12.9. The zero-order valence-electron chi connectivity index (χ0n) is 17.4. The van der Waals surface area contributed by atoms with E-state index in [-0.39, 0.29) is 11.4 Å². The summed E-state index contributed by atoms with van der Waals surface area (Å²) in [4.78, 5) is 24.9. The Bertz CT molecular complexity index is 1030. The van der Waals surface area contributed by atoms with Crippen molar-refractivity contribution in [1.82, 2.24) is 9.62 Å². The van der Waals surface area contributed by atoms with Crippen molar-refractivity contribution in [3.63, 3.8) is 0 Å². The molecule has 0 fully saturated rings. The Morgan fingerprint density at radius 3 is 2.22 bits per heavy atom. The van der Waals surface area contributed by atoms with Gasteiger partial charge in [0, 0.05) is 6.54 Å². The summed E-state index contributed by atoms with van der Waals surface area (Å²) in [5.74, 6) is -2.16.